The van der Waals surface area contributed by atoms with E-state index in [9.17, 15) is 13.2 Å². The zero-order valence-corrected chi connectivity index (χ0v) is 14.6. The van der Waals surface area contributed by atoms with Gasteiger partial charge in [-0.15, -0.1) is 0 Å². The predicted molar refractivity (Wildman–Crippen MR) is 83.6 cm³/mol. The predicted octanol–water partition coefficient (Wildman–Crippen LogP) is 3.54. The van der Waals surface area contributed by atoms with Crippen LogP contribution >= 0.6 is 26.6 Å². The number of carbonyl (C=O) groups excluding carboxylic acids is 1. The lowest BCUT2D eigenvalue weighted by molar-refractivity contribution is 0.0936. The minimum Gasteiger partial charge on any atom is -0.350 e. The van der Waals surface area contributed by atoms with Crippen molar-refractivity contribution in [2.45, 2.75) is 38.1 Å². The van der Waals surface area contributed by atoms with E-state index in [1.165, 1.54) is 12.1 Å². The number of halogens is 2. The fourth-order valence-electron chi connectivity index (χ4n) is 1.91. The summed E-state index contributed by atoms with van der Waals surface area (Å²) >= 11 is 3.18. The SMILES string of the molecule is CC(C)CC(C)NC(=O)c1cc(Br)cc(S(=O)(=O)Cl)c1. The molecule has 1 amide bonds. The number of nitrogens with one attached hydrogen (secondary N) is 1. The molecule has 1 rings (SSSR count). The summed E-state index contributed by atoms with van der Waals surface area (Å²) in [7, 11) is 1.43. The van der Waals surface area contributed by atoms with E-state index in [2.05, 4.69) is 35.1 Å². The van der Waals surface area contributed by atoms with Crippen LogP contribution in [0.5, 0.6) is 0 Å². The summed E-state index contributed by atoms with van der Waals surface area (Å²) in [4.78, 5) is 12.0. The number of carbonyl (C=O) groups is 1. The maximum Gasteiger partial charge on any atom is 0.261 e. The fourth-order valence-corrected chi connectivity index (χ4v) is 3.36. The van der Waals surface area contributed by atoms with Crippen molar-refractivity contribution in [1.29, 1.82) is 0 Å². The summed E-state index contributed by atoms with van der Waals surface area (Å²) in [6, 6.07) is 4.20. The molecule has 0 aliphatic carbocycles. The van der Waals surface area contributed by atoms with Gasteiger partial charge in [0.15, 0.2) is 0 Å². The third kappa shape index (κ3) is 5.42. The minimum absolute atomic E-state index is 0.0116. The molecule has 0 saturated carbocycles. The van der Waals surface area contributed by atoms with Crippen LogP contribution in [0.4, 0.5) is 0 Å². The van der Waals surface area contributed by atoms with Crippen molar-refractivity contribution in [3.05, 3.63) is 28.2 Å². The maximum atomic E-state index is 12.1. The van der Waals surface area contributed by atoms with Crippen LogP contribution in [0, 0.1) is 5.92 Å². The summed E-state index contributed by atoms with van der Waals surface area (Å²) in [5, 5.41) is 2.84. The molecule has 0 aliphatic heterocycles. The Labute approximate surface area is 132 Å². The number of amides is 1. The van der Waals surface area contributed by atoms with E-state index in [0.717, 1.165) is 6.42 Å². The summed E-state index contributed by atoms with van der Waals surface area (Å²) in [6.45, 7) is 6.05. The highest BCUT2D eigenvalue weighted by molar-refractivity contribution is 9.10. The van der Waals surface area contributed by atoms with Crippen molar-refractivity contribution >= 4 is 41.6 Å². The number of benzene rings is 1. The lowest BCUT2D eigenvalue weighted by atomic mass is 10.0. The Bertz CT molecular complexity index is 602. The van der Waals surface area contributed by atoms with Gasteiger partial charge in [0, 0.05) is 26.8 Å². The van der Waals surface area contributed by atoms with Gasteiger partial charge in [0.25, 0.3) is 15.0 Å². The third-order valence-corrected chi connectivity index (χ3v) is 4.41. The highest BCUT2D eigenvalue weighted by Crippen LogP contribution is 2.22. The molecule has 0 saturated heterocycles. The molecule has 1 aromatic rings. The largest absolute Gasteiger partial charge is 0.350 e. The van der Waals surface area contributed by atoms with E-state index < -0.39 is 9.05 Å². The van der Waals surface area contributed by atoms with Crippen LogP contribution in [0.1, 0.15) is 37.6 Å². The van der Waals surface area contributed by atoms with Gasteiger partial charge in [-0.25, -0.2) is 8.42 Å². The van der Waals surface area contributed by atoms with Gasteiger partial charge in [-0.1, -0.05) is 29.8 Å². The Morgan fingerprint density at radius 1 is 1.30 bits per heavy atom. The van der Waals surface area contributed by atoms with Crippen LogP contribution < -0.4 is 5.32 Å². The van der Waals surface area contributed by atoms with Crippen LogP contribution in [0.15, 0.2) is 27.6 Å². The van der Waals surface area contributed by atoms with Gasteiger partial charge >= 0.3 is 0 Å². The lowest BCUT2D eigenvalue weighted by Gasteiger charge is -2.16. The summed E-state index contributed by atoms with van der Waals surface area (Å²) in [5.41, 5.74) is 0.259. The van der Waals surface area contributed by atoms with Crippen molar-refractivity contribution in [1.82, 2.24) is 5.32 Å². The second-order valence-corrected chi connectivity index (χ2v) is 8.60. The van der Waals surface area contributed by atoms with Gasteiger partial charge in [-0.05, 0) is 37.5 Å². The highest BCUT2D eigenvalue weighted by atomic mass is 79.9. The van der Waals surface area contributed by atoms with Crippen molar-refractivity contribution in [3.63, 3.8) is 0 Å². The molecule has 0 radical (unpaired) electrons. The van der Waals surface area contributed by atoms with E-state index in [4.69, 9.17) is 10.7 Å². The lowest BCUT2D eigenvalue weighted by Crippen LogP contribution is -2.33. The van der Waals surface area contributed by atoms with Gasteiger partial charge in [0.05, 0.1) is 4.90 Å². The zero-order valence-electron chi connectivity index (χ0n) is 11.5. The monoisotopic (exact) mass is 381 g/mol. The topological polar surface area (TPSA) is 63.2 Å². The number of rotatable bonds is 5. The second-order valence-electron chi connectivity index (χ2n) is 5.12. The molecular weight excluding hydrogens is 366 g/mol. The Hall–Kier alpha value is -0.590. The highest BCUT2D eigenvalue weighted by Gasteiger charge is 2.16. The first kappa shape index (κ1) is 17.5. The molecule has 1 N–H and O–H groups in total. The molecular formula is C13H17BrClNO3S. The number of hydrogen-bond donors (Lipinski definition) is 1. The van der Waals surface area contributed by atoms with Crippen molar-refractivity contribution in [2.75, 3.05) is 0 Å². The Morgan fingerprint density at radius 2 is 1.90 bits per heavy atom. The second kappa shape index (κ2) is 6.91. The van der Waals surface area contributed by atoms with Gasteiger partial charge < -0.3 is 5.32 Å². The maximum absolute atomic E-state index is 12.1. The summed E-state index contributed by atoms with van der Waals surface area (Å²) in [6.07, 6.45) is 0.848. The molecule has 20 heavy (non-hydrogen) atoms. The summed E-state index contributed by atoms with van der Waals surface area (Å²) in [5.74, 6) is 0.146. The molecule has 1 aromatic carbocycles. The van der Waals surface area contributed by atoms with Crippen LogP contribution in [-0.4, -0.2) is 20.4 Å². The average molecular weight is 383 g/mol. The first-order valence-electron chi connectivity index (χ1n) is 6.15. The normalized spacial score (nSPS) is 13.3. The first-order valence-corrected chi connectivity index (χ1v) is 9.26. The van der Waals surface area contributed by atoms with E-state index in [1.807, 2.05) is 6.92 Å². The van der Waals surface area contributed by atoms with Crippen molar-refractivity contribution in [3.8, 4) is 0 Å². The first-order chi connectivity index (χ1) is 9.09. The van der Waals surface area contributed by atoms with Crippen LogP contribution in [-0.2, 0) is 9.05 Å². The molecule has 7 heteroatoms. The molecule has 112 valence electrons. The van der Waals surface area contributed by atoms with E-state index in [1.54, 1.807) is 6.07 Å². The molecule has 0 aromatic heterocycles. The quantitative estimate of drug-likeness (QED) is 0.792. The molecule has 0 spiro atoms. The third-order valence-electron chi connectivity index (χ3n) is 2.62. The molecule has 1 atom stereocenters. The van der Waals surface area contributed by atoms with Crippen LogP contribution in [0.3, 0.4) is 0 Å². The van der Waals surface area contributed by atoms with Crippen molar-refractivity contribution in [2.24, 2.45) is 5.92 Å². The zero-order chi connectivity index (χ0) is 15.5. The van der Waals surface area contributed by atoms with Crippen LogP contribution in [0.25, 0.3) is 0 Å². The van der Waals surface area contributed by atoms with Gasteiger partial charge in [-0.2, -0.15) is 0 Å². The van der Waals surface area contributed by atoms with Crippen LogP contribution in [0.2, 0.25) is 0 Å². The molecule has 1 unspecified atom stereocenters. The Morgan fingerprint density at radius 3 is 2.40 bits per heavy atom. The van der Waals surface area contributed by atoms with E-state index in [0.29, 0.717) is 10.4 Å². The summed E-state index contributed by atoms with van der Waals surface area (Å²) < 4.78 is 23.2. The average Bonchev–Trinajstić information content (AvgIpc) is 2.25. The fraction of sp³-hybridized carbons (Fsp3) is 0.462. The Balaban J connectivity index is 2.97. The molecule has 0 bridgehead atoms. The van der Waals surface area contributed by atoms with Gasteiger partial charge in [0.1, 0.15) is 0 Å². The Kier molecular flexibility index (Phi) is 6.04. The molecule has 4 nitrogen and oxygen atoms in total. The smallest absolute Gasteiger partial charge is 0.261 e. The van der Waals surface area contributed by atoms with Crippen molar-refractivity contribution < 1.29 is 13.2 Å². The number of hydrogen-bond acceptors (Lipinski definition) is 3. The molecule has 0 heterocycles. The van der Waals surface area contributed by atoms with Gasteiger partial charge in [-0.3, -0.25) is 4.79 Å². The minimum atomic E-state index is -3.87. The van der Waals surface area contributed by atoms with E-state index >= 15 is 0 Å². The van der Waals surface area contributed by atoms with E-state index in [-0.39, 0.29) is 22.4 Å². The molecule has 0 fully saturated rings. The molecule has 0 aliphatic rings. The standard InChI is InChI=1S/C13H17BrClNO3S/c1-8(2)4-9(3)16-13(17)10-5-11(14)7-12(6-10)20(15,18)19/h5-9H,4H2,1-3H3,(H,16,17). The van der Waals surface area contributed by atoms with Gasteiger partial charge in [0.2, 0.25) is 0 Å².